The fourth-order valence-corrected chi connectivity index (χ4v) is 11.1. The first-order chi connectivity index (χ1) is 40.5. The van der Waals surface area contributed by atoms with Crippen molar-refractivity contribution in [3.8, 4) is 0 Å². The molecule has 0 amide bonds. The number of unbranched alkanes of at least 4 members (excludes halogenated alkanes) is 49. The first-order valence-electron chi connectivity index (χ1n) is 36.6. The summed E-state index contributed by atoms with van der Waals surface area (Å²) in [5.74, 6) is -0.859. The minimum Gasteiger partial charge on any atom is -0.462 e. The quantitative estimate of drug-likeness (QED) is 0.0261. The van der Waals surface area contributed by atoms with Crippen molar-refractivity contribution >= 4 is 17.9 Å². The molecule has 480 valence electrons. The van der Waals surface area contributed by atoms with Gasteiger partial charge in [0.25, 0.3) is 0 Å². The minimum absolute atomic E-state index is 0.0682. The predicted molar refractivity (Wildman–Crippen MR) is 358 cm³/mol. The standard InChI is InChI=1S/C76H140O6/c1-4-7-10-13-15-17-19-21-23-25-27-29-31-33-35-36-37-38-39-41-42-44-46-48-50-52-54-56-58-60-63-66-69-75(78)81-72-73(71-80-74(77)68-65-62-12-9-6-3)82-76(79)70-67-64-61-59-57-55-53-51-49-47-45-43-40-34-32-30-28-26-24-22-20-18-16-14-11-8-5-2/h8,11,16,18,22,24,28,30,73H,4-7,9-10,12-15,17,19-21,23,25-27,29,31-72H2,1-3H3/b11-8-,18-16-,24-22-,30-28-. The van der Waals surface area contributed by atoms with E-state index < -0.39 is 6.10 Å². The maximum Gasteiger partial charge on any atom is 0.306 e. The Labute approximate surface area is 511 Å². The zero-order chi connectivity index (χ0) is 59.2. The normalized spacial score (nSPS) is 12.3. The van der Waals surface area contributed by atoms with Crippen molar-refractivity contribution in [1.82, 2.24) is 0 Å². The molecule has 0 aromatic heterocycles. The molecule has 0 fully saturated rings. The molecular formula is C76H140O6. The molecule has 1 atom stereocenters. The Morgan fingerprint density at radius 3 is 0.744 bits per heavy atom. The highest BCUT2D eigenvalue weighted by Gasteiger charge is 2.19. The highest BCUT2D eigenvalue weighted by Crippen LogP contribution is 2.19. The number of carbonyl (C=O) groups is 3. The van der Waals surface area contributed by atoms with Crippen LogP contribution in [0, 0.1) is 0 Å². The third-order valence-electron chi connectivity index (χ3n) is 16.6. The fraction of sp³-hybridized carbons (Fsp3) is 0.855. The molecule has 0 saturated heterocycles. The van der Waals surface area contributed by atoms with Gasteiger partial charge >= 0.3 is 17.9 Å². The van der Waals surface area contributed by atoms with Crippen molar-refractivity contribution in [1.29, 1.82) is 0 Å². The van der Waals surface area contributed by atoms with Crippen molar-refractivity contribution < 1.29 is 28.6 Å². The Morgan fingerprint density at radius 1 is 0.256 bits per heavy atom. The Hall–Kier alpha value is -2.63. The second-order valence-corrected chi connectivity index (χ2v) is 24.8. The fourth-order valence-electron chi connectivity index (χ4n) is 11.1. The Bertz CT molecular complexity index is 1410. The zero-order valence-corrected chi connectivity index (χ0v) is 55.3. The van der Waals surface area contributed by atoms with Crippen molar-refractivity contribution in [3.63, 3.8) is 0 Å². The SMILES string of the molecule is CC/C=C\C/C=C\C/C=C\C/C=C\CCCCCCCCCCCCCCCCC(=O)OC(COC(=O)CCCCCCC)COC(=O)CCCCCCCCCCCCCCCCCCCCCCCCCCCCCCCCCC. The first kappa shape index (κ1) is 79.4. The topological polar surface area (TPSA) is 78.9 Å². The molecule has 0 aromatic carbocycles. The Kier molecular flexibility index (Phi) is 68.6. The van der Waals surface area contributed by atoms with E-state index in [9.17, 15) is 14.4 Å². The molecule has 0 aliphatic carbocycles. The number of ether oxygens (including phenoxy) is 3. The van der Waals surface area contributed by atoms with Crippen LogP contribution < -0.4 is 0 Å². The summed E-state index contributed by atoms with van der Waals surface area (Å²) in [6, 6.07) is 0. The molecule has 6 heteroatoms. The lowest BCUT2D eigenvalue weighted by atomic mass is 10.0. The van der Waals surface area contributed by atoms with Crippen molar-refractivity contribution in [3.05, 3.63) is 48.6 Å². The second-order valence-electron chi connectivity index (χ2n) is 24.8. The van der Waals surface area contributed by atoms with Crippen LogP contribution in [0.25, 0.3) is 0 Å². The lowest BCUT2D eigenvalue weighted by Gasteiger charge is -2.18. The van der Waals surface area contributed by atoms with Crippen LogP contribution in [0.2, 0.25) is 0 Å². The number of allylic oxidation sites excluding steroid dienone is 8. The lowest BCUT2D eigenvalue weighted by Crippen LogP contribution is -2.30. The first-order valence-corrected chi connectivity index (χ1v) is 36.6. The molecular weight excluding hydrogens is 1010 g/mol. The van der Waals surface area contributed by atoms with Gasteiger partial charge in [0.05, 0.1) is 0 Å². The summed E-state index contributed by atoms with van der Waals surface area (Å²) >= 11 is 0. The molecule has 1 unspecified atom stereocenters. The highest BCUT2D eigenvalue weighted by atomic mass is 16.6. The van der Waals surface area contributed by atoms with Gasteiger partial charge in [-0.05, 0) is 57.8 Å². The van der Waals surface area contributed by atoms with Crippen molar-refractivity contribution in [2.75, 3.05) is 13.2 Å². The van der Waals surface area contributed by atoms with Crippen LogP contribution >= 0.6 is 0 Å². The van der Waals surface area contributed by atoms with Gasteiger partial charge in [-0.1, -0.05) is 371 Å². The summed E-state index contributed by atoms with van der Waals surface area (Å²) in [4.78, 5) is 38.0. The monoisotopic (exact) mass is 1150 g/mol. The average Bonchev–Trinajstić information content (AvgIpc) is 3.47. The van der Waals surface area contributed by atoms with Crippen LogP contribution in [-0.4, -0.2) is 37.2 Å². The summed E-state index contributed by atoms with van der Waals surface area (Å²) in [5.41, 5.74) is 0. The van der Waals surface area contributed by atoms with Gasteiger partial charge in [-0.3, -0.25) is 14.4 Å². The van der Waals surface area contributed by atoms with Gasteiger partial charge in [0.2, 0.25) is 0 Å². The Morgan fingerprint density at radius 2 is 0.476 bits per heavy atom. The zero-order valence-electron chi connectivity index (χ0n) is 55.3. The van der Waals surface area contributed by atoms with Gasteiger partial charge in [0, 0.05) is 19.3 Å². The number of hydrogen-bond donors (Lipinski definition) is 0. The van der Waals surface area contributed by atoms with Crippen molar-refractivity contribution in [2.45, 2.75) is 406 Å². The number of hydrogen-bond acceptors (Lipinski definition) is 6. The van der Waals surface area contributed by atoms with E-state index >= 15 is 0 Å². The Balaban J connectivity index is 3.89. The molecule has 0 aliphatic rings. The van der Waals surface area contributed by atoms with E-state index in [1.165, 1.54) is 270 Å². The van der Waals surface area contributed by atoms with Gasteiger partial charge in [-0.2, -0.15) is 0 Å². The maximum atomic E-state index is 12.9. The summed E-state index contributed by atoms with van der Waals surface area (Å²) in [6.45, 7) is 6.51. The van der Waals surface area contributed by atoms with E-state index in [1.54, 1.807) is 0 Å². The van der Waals surface area contributed by atoms with E-state index in [4.69, 9.17) is 14.2 Å². The van der Waals surface area contributed by atoms with E-state index in [0.29, 0.717) is 19.3 Å². The third kappa shape index (κ3) is 68.2. The number of rotatable bonds is 68. The molecule has 0 aliphatic heterocycles. The summed E-state index contributed by atoms with van der Waals surface area (Å²) in [5, 5.41) is 0. The molecule has 82 heavy (non-hydrogen) atoms. The molecule has 0 N–H and O–H groups in total. The van der Waals surface area contributed by atoms with Gasteiger partial charge in [-0.25, -0.2) is 0 Å². The number of esters is 3. The van der Waals surface area contributed by atoms with Gasteiger partial charge in [0.15, 0.2) is 6.10 Å². The lowest BCUT2D eigenvalue weighted by molar-refractivity contribution is -0.167. The molecule has 0 bridgehead atoms. The van der Waals surface area contributed by atoms with Gasteiger partial charge in [0.1, 0.15) is 13.2 Å². The molecule has 0 saturated carbocycles. The van der Waals surface area contributed by atoms with Crippen LogP contribution in [0.4, 0.5) is 0 Å². The van der Waals surface area contributed by atoms with Crippen molar-refractivity contribution in [2.24, 2.45) is 0 Å². The van der Waals surface area contributed by atoms with E-state index in [0.717, 1.165) is 89.9 Å². The molecule has 6 nitrogen and oxygen atoms in total. The average molecular weight is 1150 g/mol. The summed E-state index contributed by atoms with van der Waals surface area (Å²) in [6.07, 6.45) is 90.8. The van der Waals surface area contributed by atoms with Crippen LogP contribution in [-0.2, 0) is 28.6 Å². The van der Waals surface area contributed by atoms with E-state index in [-0.39, 0.29) is 31.1 Å². The van der Waals surface area contributed by atoms with Gasteiger partial charge in [-0.15, -0.1) is 0 Å². The maximum absolute atomic E-state index is 12.9. The molecule has 0 aromatic rings. The smallest absolute Gasteiger partial charge is 0.306 e. The number of carbonyl (C=O) groups excluding carboxylic acids is 3. The van der Waals surface area contributed by atoms with Gasteiger partial charge < -0.3 is 14.2 Å². The summed E-state index contributed by atoms with van der Waals surface area (Å²) < 4.78 is 16.8. The largest absolute Gasteiger partial charge is 0.462 e. The van der Waals surface area contributed by atoms with E-state index in [1.807, 2.05) is 0 Å². The van der Waals surface area contributed by atoms with E-state index in [2.05, 4.69) is 69.4 Å². The second kappa shape index (κ2) is 70.9. The molecule has 0 radical (unpaired) electrons. The van der Waals surface area contributed by atoms with Crippen LogP contribution in [0.3, 0.4) is 0 Å². The molecule has 0 rings (SSSR count). The molecule has 0 heterocycles. The summed E-state index contributed by atoms with van der Waals surface area (Å²) in [7, 11) is 0. The van der Waals surface area contributed by atoms with Crippen LogP contribution in [0.5, 0.6) is 0 Å². The third-order valence-corrected chi connectivity index (χ3v) is 16.6. The van der Waals surface area contributed by atoms with Crippen LogP contribution in [0.15, 0.2) is 48.6 Å². The highest BCUT2D eigenvalue weighted by molar-refractivity contribution is 5.71. The van der Waals surface area contributed by atoms with Crippen LogP contribution in [0.1, 0.15) is 400 Å². The molecule has 0 spiro atoms. The predicted octanol–water partition coefficient (Wildman–Crippen LogP) is 25.3. The minimum atomic E-state index is -0.768.